The predicted octanol–water partition coefficient (Wildman–Crippen LogP) is 5.53. The van der Waals surface area contributed by atoms with Crippen LogP contribution in [0.1, 0.15) is 71.2 Å². The second-order valence-electron chi connectivity index (χ2n) is 11.2. The molecule has 0 bridgehead atoms. The molecular weight excluding hydrogens is 470 g/mol. The highest BCUT2D eigenvalue weighted by Crippen LogP contribution is 2.33. The van der Waals surface area contributed by atoms with Crippen LogP contribution in [-0.2, 0) is 14.3 Å². The predicted molar refractivity (Wildman–Crippen MR) is 146 cm³/mol. The molecule has 0 aliphatic rings. The molecule has 0 aliphatic carbocycles. The van der Waals surface area contributed by atoms with Crippen molar-refractivity contribution in [3.8, 4) is 5.75 Å². The summed E-state index contributed by atoms with van der Waals surface area (Å²) in [6.07, 6.45) is -0.701. The van der Waals surface area contributed by atoms with Crippen LogP contribution >= 0.6 is 0 Å². The molecule has 0 radical (unpaired) electrons. The first kappa shape index (κ1) is 29.7. The maximum absolute atomic E-state index is 13.9. The van der Waals surface area contributed by atoms with Gasteiger partial charge in [0.1, 0.15) is 23.4 Å². The lowest BCUT2D eigenvalue weighted by atomic mass is 9.92. The van der Waals surface area contributed by atoms with Crippen LogP contribution in [0.25, 0.3) is 0 Å². The summed E-state index contributed by atoms with van der Waals surface area (Å²) in [5.74, 6) is -0.113. The van der Waals surface area contributed by atoms with Crippen LogP contribution in [0.3, 0.4) is 0 Å². The summed E-state index contributed by atoms with van der Waals surface area (Å²) in [6.45, 7) is 16.3. The summed E-state index contributed by atoms with van der Waals surface area (Å²) in [7, 11) is 1.57. The van der Waals surface area contributed by atoms with E-state index in [1.807, 2.05) is 52.8 Å². The van der Waals surface area contributed by atoms with Gasteiger partial charge in [0.2, 0.25) is 5.91 Å². The van der Waals surface area contributed by atoms with Crippen molar-refractivity contribution in [1.29, 1.82) is 0 Å². The van der Waals surface area contributed by atoms with E-state index in [1.165, 1.54) is 4.90 Å². The van der Waals surface area contributed by atoms with Gasteiger partial charge >= 0.3 is 6.09 Å². The van der Waals surface area contributed by atoms with Crippen LogP contribution in [0, 0.1) is 13.8 Å². The second kappa shape index (κ2) is 11.7. The molecule has 0 saturated heterocycles. The Labute approximate surface area is 220 Å². The number of nitrogens with zero attached hydrogens (tertiary/aromatic N) is 1. The number of methoxy groups -OCH3 is 1. The Morgan fingerprint density at radius 1 is 0.919 bits per heavy atom. The van der Waals surface area contributed by atoms with E-state index < -0.39 is 35.2 Å². The van der Waals surface area contributed by atoms with Crippen molar-refractivity contribution in [2.24, 2.45) is 0 Å². The number of nitrogens with one attached hydrogen (secondary N) is 2. The van der Waals surface area contributed by atoms with E-state index in [2.05, 4.69) is 10.6 Å². The van der Waals surface area contributed by atoms with E-state index >= 15 is 0 Å². The van der Waals surface area contributed by atoms with E-state index in [1.54, 1.807) is 59.1 Å². The molecule has 2 aromatic carbocycles. The van der Waals surface area contributed by atoms with Crippen molar-refractivity contribution in [2.45, 2.75) is 85.5 Å². The maximum Gasteiger partial charge on any atom is 0.408 e. The number of anilines is 1. The summed E-state index contributed by atoms with van der Waals surface area (Å²) in [5.41, 5.74) is 1.63. The van der Waals surface area contributed by atoms with Crippen molar-refractivity contribution < 1.29 is 23.9 Å². The Hall–Kier alpha value is -3.55. The van der Waals surface area contributed by atoms with E-state index in [4.69, 9.17) is 9.47 Å². The SMILES string of the molecule is COc1ccc(NC(=O)C(c2cc(C)ccc2C)N(C(=O)C(C)NC(=O)OC(C)(C)C)C(C)(C)C)cc1. The average molecular weight is 512 g/mol. The fraction of sp³-hybridized carbons (Fsp3) is 0.483. The molecule has 2 unspecified atom stereocenters. The Morgan fingerprint density at radius 2 is 1.51 bits per heavy atom. The third kappa shape index (κ3) is 8.23. The molecule has 2 rings (SSSR count). The Balaban J connectivity index is 2.53. The lowest BCUT2D eigenvalue weighted by Gasteiger charge is -2.43. The molecule has 2 N–H and O–H groups in total. The molecule has 8 heteroatoms. The van der Waals surface area contributed by atoms with E-state index in [0.29, 0.717) is 17.0 Å². The van der Waals surface area contributed by atoms with Gasteiger partial charge in [0.15, 0.2) is 0 Å². The number of hydrogen-bond acceptors (Lipinski definition) is 5. The van der Waals surface area contributed by atoms with Gasteiger partial charge in [0, 0.05) is 11.2 Å². The molecule has 8 nitrogen and oxygen atoms in total. The van der Waals surface area contributed by atoms with Gasteiger partial charge in [0.25, 0.3) is 5.91 Å². The minimum absolute atomic E-state index is 0.369. The highest BCUT2D eigenvalue weighted by molar-refractivity contribution is 5.99. The smallest absolute Gasteiger partial charge is 0.408 e. The third-order valence-electron chi connectivity index (χ3n) is 5.66. The lowest BCUT2D eigenvalue weighted by molar-refractivity contribution is -0.146. The highest BCUT2D eigenvalue weighted by Gasteiger charge is 2.41. The van der Waals surface area contributed by atoms with E-state index in [-0.39, 0.29) is 5.91 Å². The van der Waals surface area contributed by atoms with Crippen molar-refractivity contribution in [1.82, 2.24) is 10.2 Å². The van der Waals surface area contributed by atoms with Crippen LogP contribution in [0.5, 0.6) is 5.75 Å². The molecule has 3 amide bonds. The number of amides is 3. The average Bonchev–Trinajstić information content (AvgIpc) is 2.77. The van der Waals surface area contributed by atoms with Gasteiger partial charge in [0.05, 0.1) is 7.11 Å². The zero-order valence-corrected chi connectivity index (χ0v) is 23.7. The third-order valence-corrected chi connectivity index (χ3v) is 5.66. The van der Waals surface area contributed by atoms with Crippen LogP contribution in [0.4, 0.5) is 10.5 Å². The van der Waals surface area contributed by atoms with Gasteiger partial charge in [-0.1, -0.05) is 23.8 Å². The molecule has 202 valence electrons. The Morgan fingerprint density at radius 3 is 2.03 bits per heavy atom. The quantitative estimate of drug-likeness (QED) is 0.509. The minimum atomic E-state index is -0.961. The van der Waals surface area contributed by atoms with Gasteiger partial charge in [-0.05, 0) is 97.7 Å². The number of carbonyl (C=O) groups is 3. The minimum Gasteiger partial charge on any atom is -0.497 e. The first-order chi connectivity index (χ1) is 17.0. The Kier molecular flexibility index (Phi) is 9.36. The molecule has 0 fully saturated rings. The van der Waals surface area contributed by atoms with Crippen molar-refractivity contribution in [3.63, 3.8) is 0 Å². The number of ether oxygens (including phenoxy) is 2. The summed E-state index contributed by atoms with van der Waals surface area (Å²) in [6, 6.07) is 10.9. The zero-order valence-electron chi connectivity index (χ0n) is 23.7. The van der Waals surface area contributed by atoms with Crippen molar-refractivity contribution in [3.05, 3.63) is 59.2 Å². The first-order valence-corrected chi connectivity index (χ1v) is 12.4. The largest absolute Gasteiger partial charge is 0.497 e. The van der Waals surface area contributed by atoms with Gasteiger partial charge in [-0.15, -0.1) is 0 Å². The zero-order chi connectivity index (χ0) is 28.1. The maximum atomic E-state index is 13.9. The van der Waals surface area contributed by atoms with Crippen molar-refractivity contribution in [2.75, 3.05) is 12.4 Å². The molecule has 0 aliphatic heterocycles. The van der Waals surface area contributed by atoms with Gasteiger partial charge in [-0.25, -0.2) is 4.79 Å². The number of hydrogen-bond donors (Lipinski definition) is 2. The highest BCUT2D eigenvalue weighted by atomic mass is 16.6. The first-order valence-electron chi connectivity index (χ1n) is 12.4. The molecule has 2 atom stereocenters. The molecule has 2 aromatic rings. The number of rotatable bonds is 7. The van der Waals surface area contributed by atoms with Crippen LogP contribution in [-0.4, -0.2) is 47.1 Å². The summed E-state index contributed by atoms with van der Waals surface area (Å²) >= 11 is 0. The lowest BCUT2D eigenvalue weighted by Crippen LogP contribution is -2.57. The summed E-state index contributed by atoms with van der Waals surface area (Å²) in [5, 5.41) is 5.58. The molecular formula is C29H41N3O5. The fourth-order valence-corrected chi connectivity index (χ4v) is 3.94. The van der Waals surface area contributed by atoms with Gasteiger partial charge in [-0.3, -0.25) is 9.59 Å². The van der Waals surface area contributed by atoms with Gasteiger partial charge < -0.3 is 25.0 Å². The topological polar surface area (TPSA) is 97.0 Å². The second-order valence-corrected chi connectivity index (χ2v) is 11.2. The fourth-order valence-electron chi connectivity index (χ4n) is 3.94. The molecule has 37 heavy (non-hydrogen) atoms. The molecule has 0 heterocycles. The molecule has 0 saturated carbocycles. The van der Waals surface area contributed by atoms with Crippen LogP contribution in [0.15, 0.2) is 42.5 Å². The number of benzene rings is 2. The monoisotopic (exact) mass is 511 g/mol. The van der Waals surface area contributed by atoms with Crippen molar-refractivity contribution >= 4 is 23.6 Å². The Bertz CT molecular complexity index is 1110. The molecule has 0 aromatic heterocycles. The van der Waals surface area contributed by atoms with E-state index in [9.17, 15) is 14.4 Å². The number of alkyl carbamates (subject to hydrolysis) is 1. The van der Waals surface area contributed by atoms with Gasteiger partial charge in [-0.2, -0.15) is 0 Å². The van der Waals surface area contributed by atoms with E-state index in [0.717, 1.165) is 11.1 Å². The standard InChI is InChI=1S/C29H41N3O5/c1-18-11-12-19(2)23(17-18)24(25(33)31-21-13-15-22(36-10)16-14-21)32(28(4,5)6)26(34)20(3)30-27(35)37-29(7,8)9/h11-17,20,24H,1-10H3,(H,30,35)(H,31,33). The normalized spacial score (nSPS) is 13.2. The van der Waals surface area contributed by atoms with Crippen LogP contribution in [0.2, 0.25) is 0 Å². The summed E-state index contributed by atoms with van der Waals surface area (Å²) in [4.78, 5) is 41.8. The molecule has 0 spiro atoms. The van der Waals surface area contributed by atoms with Crippen LogP contribution < -0.4 is 15.4 Å². The summed E-state index contributed by atoms with van der Waals surface area (Å²) < 4.78 is 10.6. The number of carbonyl (C=O) groups excluding carboxylic acids is 3. The number of aryl methyl sites for hydroxylation is 2.